The third-order valence-electron chi connectivity index (χ3n) is 5.40. The summed E-state index contributed by atoms with van der Waals surface area (Å²) < 4.78 is 10.9. The van der Waals surface area contributed by atoms with Crippen molar-refractivity contribution < 1.29 is 14.3 Å². The Morgan fingerprint density at radius 1 is 1.24 bits per heavy atom. The van der Waals surface area contributed by atoms with Gasteiger partial charge in [0, 0.05) is 23.8 Å². The quantitative estimate of drug-likeness (QED) is 0.849. The lowest BCUT2D eigenvalue weighted by Gasteiger charge is -2.36. The number of methoxy groups -OCH3 is 1. The molecule has 0 aliphatic carbocycles. The summed E-state index contributed by atoms with van der Waals surface area (Å²) in [5.74, 6) is 0.103. The molecular formula is C21H23NO3. The molecule has 0 saturated carbocycles. The first-order valence-corrected chi connectivity index (χ1v) is 8.90. The van der Waals surface area contributed by atoms with Crippen LogP contribution in [0.3, 0.4) is 0 Å². The Kier molecular flexibility index (Phi) is 4.22. The van der Waals surface area contributed by atoms with Crippen LogP contribution in [0, 0.1) is 5.92 Å². The summed E-state index contributed by atoms with van der Waals surface area (Å²) in [6, 6.07) is 14.5. The maximum absolute atomic E-state index is 11.6. The van der Waals surface area contributed by atoms with E-state index in [-0.39, 0.29) is 18.1 Å². The summed E-state index contributed by atoms with van der Waals surface area (Å²) in [4.78, 5) is 11.6. The summed E-state index contributed by atoms with van der Waals surface area (Å²) in [5.41, 5.74) is 5.54. The fourth-order valence-corrected chi connectivity index (χ4v) is 4.02. The van der Waals surface area contributed by atoms with E-state index in [1.54, 1.807) is 0 Å². The van der Waals surface area contributed by atoms with Gasteiger partial charge in [0.25, 0.3) is 0 Å². The van der Waals surface area contributed by atoms with Crippen LogP contribution in [0.1, 0.15) is 52.5 Å². The van der Waals surface area contributed by atoms with E-state index < -0.39 is 0 Å². The number of benzene rings is 2. The van der Waals surface area contributed by atoms with E-state index in [4.69, 9.17) is 9.47 Å². The number of carbonyl (C=O) groups is 1. The molecule has 1 unspecified atom stereocenters. The molecule has 4 nitrogen and oxygen atoms in total. The van der Waals surface area contributed by atoms with Crippen LogP contribution in [-0.4, -0.2) is 19.7 Å². The van der Waals surface area contributed by atoms with Crippen molar-refractivity contribution in [1.82, 2.24) is 0 Å². The third-order valence-corrected chi connectivity index (χ3v) is 5.40. The van der Waals surface area contributed by atoms with Gasteiger partial charge in [0.2, 0.25) is 0 Å². The molecule has 4 heteroatoms. The lowest BCUT2D eigenvalue weighted by molar-refractivity contribution is 0.0600. The first-order valence-electron chi connectivity index (χ1n) is 8.90. The number of esters is 1. The van der Waals surface area contributed by atoms with Crippen molar-refractivity contribution in [2.24, 2.45) is 5.92 Å². The van der Waals surface area contributed by atoms with Crippen LogP contribution >= 0.6 is 0 Å². The first-order chi connectivity index (χ1) is 12.2. The number of ether oxygens (including phenoxy) is 2. The molecule has 0 aromatic heterocycles. The topological polar surface area (TPSA) is 47.6 Å². The largest absolute Gasteiger partial charge is 0.465 e. The van der Waals surface area contributed by atoms with E-state index in [0.29, 0.717) is 11.5 Å². The van der Waals surface area contributed by atoms with Crippen LogP contribution in [0.4, 0.5) is 5.69 Å². The Morgan fingerprint density at radius 2 is 2.04 bits per heavy atom. The fourth-order valence-electron chi connectivity index (χ4n) is 4.02. The lowest BCUT2D eigenvalue weighted by atomic mass is 9.80. The standard InChI is InChI=1S/C21H23NO3/c1-3-13-4-9-18-17(12-13)20-16(10-11-25-20)19(22-18)14-5-7-15(8-6-14)21(23)24-2/h4-9,12,16,19-20,22H,3,10-11H2,1-2H3/t16-,19?,20-/m0/s1. The number of nitrogens with one attached hydrogen (secondary N) is 1. The molecule has 2 aromatic carbocycles. The van der Waals surface area contributed by atoms with Crippen molar-refractivity contribution in [2.75, 3.05) is 19.0 Å². The molecule has 1 N–H and O–H groups in total. The van der Waals surface area contributed by atoms with Crippen LogP contribution in [0.2, 0.25) is 0 Å². The average Bonchev–Trinajstić information content (AvgIpc) is 3.16. The van der Waals surface area contributed by atoms with Gasteiger partial charge in [-0.15, -0.1) is 0 Å². The average molecular weight is 337 g/mol. The molecule has 2 aliphatic heterocycles. The highest BCUT2D eigenvalue weighted by molar-refractivity contribution is 5.89. The predicted molar refractivity (Wildman–Crippen MR) is 96.8 cm³/mol. The van der Waals surface area contributed by atoms with Gasteiger partial charge in [-0.05, 0) is 42.2 Å². The molecule has 0 bridgehead atoms. The molecule has 1 saturated heterocycles. The number of fused-ring (bicyclic) bond motifs is 3. The van der Waals surface area contributed by atoms with Gasteiger partial charge in [-0.3, -0.25) is 0 Å². The van der Waals surface area contributed by atoms with Crippen molar-refractivity contribution >= 4 is 11.7 Å². The molecule has 0 spiro atoms. The van der Waals surface area contributed by atoms with Crippen molar-refractivity contribution in [1.29, 1.82) is 0 Å². The van der Waals surface area contributed by atoms with E-state index in [1.165, 1.54) is 23.8 Å². The lowest BCUT2D eigenvalue weighted by Crippen LogP contribution is -2.29. The molecule has 0 radical (unpaired) electrons. The maximum Gasteiger partial charge on any atom is 0.337 e. The second kappa shape index (κ2) is 6.52. The van der Waals surface area contributed by atoms with Crippen LogP contribution in [-0.2, 0) is 15.9 Å². The number of rotatable bonds is 3. The SMILES string of the molecule is CCc1ccc2c(c1)[C@H]1OCC[C@H]1C(c1ccc(C(=O)OC)cc1)N2. The number of aryl methyl sites for hydroxylation is 1. The zero-order valence-electron chi connectivity index (χ0n) is 14.6. The van der Waals surface area contributed by atoms with E-state index >= 15 is 0 Å². The highest BCUT2D eigenvalue weighted by atomic mass is 16.5. The Labute approximate surface area is 148 Å². The van der Waals surface area contributed by atoms with Crippen molar-refractivity contribution in [3.8, 4) is 0 Å². The van der Waals surface area contributed by atoms with E-state index in [2.05, 4.69) is 30.4 Å². The maximum atomic E-state index is 11.6. The molecule has 25 heavy (non-hydrogen) atoms. The summed E-state index contributed by atoms with van der Waals surface area (Å²) in [6.45, 7) is 2.97. The van der Waals surface area contributed by atoms with Gasteiger partial charge in [-0.2, -0.15) is 0 Å². The number of carbonyl (C=O) groups excluding carboxylic acids is 1. The Hall–Kier alpha value is -2.33. The Balaban J connectivity index is 1.67. The number of anilines is 1. The smallest absolute Gasteiger partial charge is 0.337 e. The van der Waals surface area contributed by atoms with Crippen LogP contribution < -0.4 is 5.32 Å². The van der Waals surface area contributed by atoms with E-state index in [1.807, 2.05) is 24.3 Å². The van der Waals surface area contributed by atoms with E-state index in [9.17, 15) is 4.79 Å². The van der Waals surface area contributed by atoms with Crippen molar-refractivity contribution in [2.45, 2.75) is 31.9 Å². The van der Waals surface area contributed by atoms with Crippen LogP contribution in [0.15, 0.2) is 42.5 Å². The Morgan fingerprint density at radius 3 is 2.76 bits per heavy atom. The second-order valence-electron chi connectivity index (χ2n) is 6.75. The molecule has 0 amide bonds. The molecule has 2 aromatic rings. The molecule has 2 aliphatic rings. The summed E-state index contributed by atoms with van der Waals surface area (Å²) in [7, 11) is 1.40. The first kappa shape index (κ1) is 16.2. The Bertz CT molecular complexity index is 784. The van der Waals surface area contributed by atoms with Gasteiger partial charge < -0.3 is 14.8 Å². The molecular weight excluding hydrogens is 314 g/mol. The minimum absolute atomic E-state index is 0.146. The minimum Gasteiger partial charge on any atom is -0.465 e. The molecule has 4 rings (SSSR count). The van der Waals surface area contributed by atoms with E-state index in [0.717, 1.165) is 25.1 Å². The predicted octanol–water partition coefficient (Wildman–Crippen LogP) is 4.28. The zero-order valence-corrected chi connectivity index (χ0v) is 14.6. The normalized spacial score (nSPS) is 24.2. The fraction of sp³-hybridized carbons (Fsp3) is 0.381. The highest BCUT2D eigenvalue weighted by Crippen LogP contribution is 2.50. The van der Waals surface area contributed by atoms with Crippen molar-refractivity contribution in [3.63, 3.8) is 0 Å². The van der Waals surface area contributed by atoms with Gasteiger partial charge in [0.1, 0.15) is 0 Å². The second-order valence-corrected chi connectivity index (χ2v) is 6.75. The van der Waals surface area contributed by atoms with Crippen molar-refractivity contribution in [3.05, 3.63) is 64.7 Å². The van der Waals surface area contributed by atoms with Crippen LogP contribution in [0.5, 0.6) is 0 Å². The highest BCUT2D eigenvalue weighted by Gasteiger charge is 2.41. The van der Waals surface area contributed by atoms with Gasteiger partial charge in [-0.1, -0.05) is 31.2 Å². The molecule has 130 valence electrons. The molecule has 2 heterocycles. The summed E-state index contributed by atoms with van der Waals surface area (Å²) in [5, 5.41) is 3.70. The summed E-state index contributed by atoms with van der Waals surface area (Å²) >= 11 is 0. The summed E-state index contributed by atoms with van der Waals surface area (Å²) in [6.07, 6.45) is 2.22. The van der Waals surface area contributed by atoms with Crippen LogP contribution in [0.25, 0.3) is 0 Å². The number of hydrogen-bond acceptors (Lipinski definition) is 4. The molecule has 3 atom stereocenters. The third kappa shape index (κ3) is 2.81. The monoisotopic (exact) mass is 337 g/mol. The zero-order chi connectivity index (χ0) is 17.4. The van der Waals surface area contributed by atoms with Gasteiger partial charge >= 0.3 is 5.97 Å². The minimum atomic E-state index is -0.303. The van der Waals surface area contributed by atoms with Gasteiger partial charge in [0.15, 0.2) is 0 Å². The molecule has 1 fully saturated rings. The number of hydrogen-bond donors (Lipinski definition) is 1. The van der Waals surface area contributed by atoms with Gasteiger partial charge in [0.05, 0.1) is 24.8 Å². The van der Waals surface area contributed by atoms with Gasteiger partial charge in [-0.25, -0.2) is 4.79 Å².